The van der Waals surface area contributed by atoms with Gasteiger partial charge < -0.3 is 4.90 Å². The second-order valence-electron chi connectivity index (χ2n) is 5.23. The fraction of sp³-hybridized carbons (Fsp3) is 0.533. The van der Waals surface area contributed by atoms with Crippen LogP contribution in [-0.4, -0.2) is 34.3 Å². The number of nitrogens with zero attached hydrogens (tertiary/aromatic N) is 3. The quantitative estimate of drug-likeness (QED) is 0.826. The zero-order chi connectivity index (χ0) is 12.4. The van der Waals surface area contributed by atoms with E-state index < -0.39 is 0 Å². The summed E-state index contributed by atoms with van der Waals surface area (Å²) >= 11 is 0. The highest BCUT2D eigenvalue weighted by Crippen LogP contribution is 2.17. The number of fused-ring (bicyclic) bond motifs is 1. The first-order valence-corrected chi connectivity index (χ1v) is 6.99. The first-order valence-electron chi connectivity index (χ1n) is 6.99. The third-order valence-corrected chi connectivity index (χ3v) is 3.92. The normalized spacial score (nSPS) is 17.4. The molecule has 0 unspecified atom stereocenters. The SMILES string of the molecule is Cc1nn(CCN2CCCCC2)c2ccccc12. The highest BCUT2D eigenvalue weighted by molar-refractivity contribution is 5.81. The van der Waals surface area contributed by atoms with Crippen LogP contribution in [0.4, 0.5) is 0 Å². The molecule has 2 aromatic rings. The molecule has 96 valence electrons. The molecule has 0 bridgehead atoms. The van der Waals surface area contributed by atoms with E-state index in [0.717, 1.165) is 18.8 Å². The van der Waals surface area contributed by atoms with E-state index in [-0.39, 0.29) is 0 Å². The summed E-state index contributed by atoms with van der Waals surface area (Å²) in [4.78, 5) is 2.56. The first kappa shape index (κ1) is 11.7. The number of likely N-dealkylation sites (tertiary alicyclic amines) is 1. The summed E-state index contributed by atoms with van der Waals surface area (Å²) in [5, 5.41) is 5.95. The number of rotatable bonds is 3. The molecule has 18 heavy (non-hydrogen) atoms. The largest absolute Gasteiger partial charge is 0.301 e. The van der Waals surface area contributed by atoms with Crippen LogP contribution in [0, 0.1) is 6.92 Å². The predicted molar refractivity (Wildman–Crippen MR) is 74.8 cm³/mol. The molecule has 0 atom stereocenters. The Bertz CT molecular complexity index is 524. The Labute approximate surface area is 108 Å². The highest BCUT2D eigenvalue weighted by Gasteiger charge is 2.11. The molecule has 0 saturated carbocycles. The standard InChI is InChI=1S/C15H21N3/c1-13-14-7-3-4-8-15(14)18(16-13)12-11-17-9-5-2-6-10-17/h3-4,7-8H,2,5-6,9-12H2,1H3. The highest BCUT2D eigenvalue weighted by atomic mass is 15.3. The van der Waals surface area contributed by atoms with E-state index in [9.17, 15) is 0 Å². The third kappa shape index (κ3) is 2.27. The van der Waals surface area contributed by atoms with Gasteiger partial charge >= 0.3 is 0 Å². The Morgan fingerprint density at radius 3 is 2.67 bits per heavy atom. The molecule has 1 aliphatic heterocycles. The zero-order valence-electron chi connectivity index (χ0n) is 11.1. The van der Waals surface area contributed by atoms with Crippen LogP contribution in [0.5, 0.6) is 0 Å². The van der Waals surface area contributed by atoms with Gasteiger partial charge in [0, 0.05) is 11.9 Å². The van der Waals surface area contributed by atoms with Gasteiger partial charge in [0.05, 0.1) is 17.8 Å². The minimum absolute atomic E-state index is 1.01. The minimum atomic E-state index is 1.01. The lowest BCUT2D eigenvalue weighted by molar-refractivity contribution is 0.219. The second-order valence-corrected chi connectivity index (χ2v) is 5.23. The van der Waals surface area contributed by atoms with Crippen molar-refractivity contribution in [1.29, 1.82) is 0 Å². The van der Waals surface area contributed by atoms with Gasteiger partial charge in [-0.05, 0) is 38.9 Å². The van der Waals surface area contributed by atoms with Gasteiger partial charge in [-0.3, -0.25) is 4.68 Å². The Morgan fingerprint density at radius 1 is 1.06 bits per heavy atom. The first-order chi connectivity index (χ1) is 8.84. The van der Waals surface area contributed by atoms with Gasteiger partial charge in [0.1, 0.15) is 0 Å². The smallest absolute Gasteiger partial charge is 0.0685 e. The van der Waals surface area contributed by atoms with E-state index in [2.05, 4.69) is 45.9 Å². The van der Waals surface area contributed by atoms with Gasteiger partial charge in [-0.15, -0.1) is 0 Å². The van der Waals surface area contributed by atoms with Crippen LogP contribution < -0.4 is 0 Å². The number of benzene rings is 1. The molecule has 0 N–H and O–H groups in total. The van der Waals surface area contributed by atoms with E-state index >= 15 is 0 Å². The van der Waals surface area contributed by atoms with Crippen LogP contribution in [0.15, 0.2) is 24.3 Å². The van der Waals surface area contributed by atoms with Crippen molar-refractivity contribution in [3.8, 4) is 0 Å². The van der Waals surface area contributed by atoms with Crippen LogP contribution in [0.3, 0.4) is 0 Å². The topological polar surface area (TPSA) is 21.1 Å². The summed E-state index contributed by atoms with van der Waals surface area (Å²) in [7, 11) is 0. The van der Waals surface area contributed by atoms with Crippen molar-refractivity contribution in [2.45, 2.75) is 32.7 Å². The number of hydrogen-bond acceptors (Lipinski definition) is 2. The van der Waals surface area contributed by atoms with E-state index in [1.165, 1.54) is 43.3 Å². The minimum Gasteiger partial charge on any atom is -0.301 e. The Balaban J connectivity index is 1.74. The van der Waals surface area contributed by atoms with Gasteiger partial charge in [-0.1, -0.05) is 24.6 Å². The zero-order valence-corrected chi connectivity index (χ0v) is 11.1. The molecule has 0 spiro atoms. The van der Waals surface area contributed by atoms with E-state index in [4.69, 9.17) is 0 Å². The average Bonchev–Trinajstić information content (AvgIpc) is 2.75. The Hall–Kier alpha value is -1.35. The molecule has 2 heterocycles. The molecular formula is C15H21N3. The lowest BCUT2D eigenvalue weighted by Crippen LogP contribution is -2.32. The number of para-hydroxylation sites is 1. The van der Waals surface area contributed by atoms with Crippen LogP contribution in [-0.2, 0) is 6.54 Å². The molecule has 3 heteroatoms. The summed E-state index contributed by atoms with van der Waals surface area (Å²) in [5.74, 6) is 0. The van der Waals surface area contributed by atoms with Gasteiger partial charge in [0.2, 0.25) is 0 Å². The maximum absolute atomic E-state index is 4.66. The molecule has 1 saturated heterocycles. The maximum atomic E-state index is 4.66. The maximum Gasteiger partial charge on any atom is 0.0685 e. The summed E-state index contributed by atoms with van der Waals surface area (Å²) in [6.45, 7) is 6.76. The van der Waals surface area contributed by atoms with E-state index in [1.54, 1.807) is 0 Å². The molecule has 0 radical (unpaired) electrons. The monoisotopic (exact) mass is 243 g/mol. The van der Waals surface area contributed by atoms with Crippen molar-refractivity contribution in [3.05, 3.63) is 30.0 Å². The fourth-order valence-corrected chi connectivity index (χ4v) is 2.88. The molecule has 3 nitrogen and oxygen atoms in total. The van der Waals surface area contributed by atoms with Crippen LogP contribution in [0.2, 0.25) is 0 Å². The van der Waals surface area contributed by atoms with Crippen molar-refractivity contribution in [1.82, 2.24) is 14.7 Å². The number of aromatic nitrogens is 2. The molecule has 1 fully saturated rings. The van der Waals surface area contributed by atoms with Gasteiger partial charge in [0.25, 0.3) is 0 Å². The van der Waals surface area contributed by atoms with E-state index in [1.807, 2.05) is 0 Å². The summed E-state index contributed by atoms with van der Waals surface area (Å²) in [6.07, 6.45) is 4.12. The number of aryl methyl sites for hydroxylation is 1. The predicted octanol–water partition coefficient (Wildman–Crippen LogP) is 2.83. The Morgan fingerprint density at radius 2 is 1.83 bits per heavy atom. The van der Waals surface area contributed by atoms with Crippen molar-refractivity contribution >= 4 is 10.9 Å². The Kier molecular flexibility index (Phi) is 3.33. The summed E-state index contributed by atoms with van der Waals surface area (Å²) in [6, 6.07) is 8.52. The molecule has 3 rings (SSSR count). The fourth-order valence-electron chi connectivity index (χ4n) is 2.88. The lowest BCUT2D eigenvalue weighted by Gasteiger charge is -2.26. The van der Waals surface area contributed by atoms with Gasteiger partial charge in [-0.2, -0.15) is 5.10 Å². The van der Waals surface area contributed by atoms with Crippen molar-refractivity contribution < 1.29 is 0 Å². The van der Waals surface area contributed by atoms with Crippen LogP contribution in [0.25, 0.3) is 10.9 Å². The number of piperidine rings is 1. The molecule has 0 aliphatic carbocycles. The van der Waals surface area contributed by atoms with Crippen molar-refractivity contribution in [3.63, 3.8) is 0 Å². The number of hydrogen-bond donors (Lipinski definition) is 0. The molecule has 1 aromatic carbocycles. The van der Waals surface area contributed by atoms with Crippen molar-refractivity contribution in [2.24, 2.45) is 0 Å². The van der Waals surface area contributed by atoms with E-state index in [0.29, 0.717) is 0 Å². The van der Waals surface area contributed by atoms with Gasteiger partial charge in [-0.25, -0.2) is 0 Å². The molecule has 1 aromatic heterocycles. The summed E-state index contributed by atoms with van der Waals surface area (Å²) in [5.41, 5.74) is 2.41. The third-order valence-electron chi connectivity index (χ3n) is 3.92. The average molecular weight is 243 g/mol. The van der Waals surface area contributed by atoms with Crippen LogP contribution in [0.1, 0.15) is 25.0 Å². The molecular weight excluding hydrogens is 222 g/mol. The van der Waals surface area contributed by atoms with Gasteiger partial charge in [0.15, 0.2) is 0 Å². The van der Waals surface area contributed by atoms with Crippen LogP contribution >= 0.6 is 0 Å². The molecule has 1 aliphatic rings. The molecule has 0 amide bonds. The second kappa shape index (κ2) is 5.11. The summed E-state index contributed by atoms with van der Waals surface area (Å²) < 4.78 is 2.17. The van der Waals surface area contributed by atoms with Crippen molar-refractivity contribution in [2.75, 3.05) is 19.6 Å². The lowest BCUT2D eigenvalue weighted by atomic mass is 10.1.